The topological polar surface area (TPSA) is 62.6 Å². The largest absolute Gasteiger partial charge is 0.484 e. The Morgan fingerprint density at radius 3 is 2.49 bits per heavy atom. The number of ether oxygens (including phenoxy) is 1. The second-order valence-electron chi connectivity index (χ2n) is 9.04. The first-order chi connectivity index (χ1) is 17.0. The van der Waals surface area contributed by atoms with Crippen LogP contribution in [0.5, 0.6) is 5.75 Å². The van der Waals surface area contributed by atoms with Crippen LogP contribution < -0.4 is 15.0 Å². The van der Waals surface area contributed by atoms with Crippen LogP contribution in [0.3, 0.4) is 0 Å². The second-order valence-corrected chi connectivity index (χ2v) is 9.04. The molecular formula is C28H31N5O2. The first-order valence-corrected chi connectivity index (χ1v) is 12.0. The first kappa shape index (κ1) is 22.9. The van der Waals surface area contributed by atoms with Crippen molar-refractivity contribution in [3.63, 3.8) is 0 Å². The van der Waals surface area contributed by atoms with Gasteiger partial charge in [0.1, 0.15) is 11.6 Å². The first-order valence-electron chi connectivity index (χ1n) is 12.0. The lowest BCUT2D eigenvalue weighted by Crippen LogP contribution is -2.46. The smallest absolute Gasteiger partial charge is 0.262 e. The van der Waals surface area contributed by atoms with E-state index >= 15 is 0 Å². The number of carbonyl (C=O) groups excluding carboxylic acids is 1. The lowest BCUT2D eigenvalue weighted by molar-refractivity contribution is -0.118. The van der Waals surface area contributed by atoms with E-state index in [1.54, 1.807) is 0 Å². The van der Waals surface area contributed by atoms with Crippen LogP contribution in [-0.4, -0.2) is 53.1 Å². The molecule has 0 unspecified atom stereocenters. The summed E-state index contributed by atoms with van der Waals surface area (Å²) in [4.78, 5) is 21.9. The van der Waals surface area contributed by atoms with Gasteiger partial charge in [0, 0.05) is 44.6 Å². The van der Waals surface area contributed by atoms with E-state index in [9.17, 15) is 4.79 Å². The molecule has 5 rings (SSSR count). The molecule has 0 spiro atoms. The van der Waals surface area contributed by atoms with Crippen molar-refractivity contribution in [3.8, 4) is 5.75 Å². The number of benzene rings is 3. The van der Waals surface area contributed by atoms with Gasteiger partial charge >= 0.3 is 0 Å². The normalized spacial score (nSPS) is 14.3. The molecule has 1 N–H and O–H groups in total. The zero-order valence-corrected chi connectivity index (χ0v) is 20.3. The molecule has 1 fully saturated rings. The monoisotopic (exact) mass is 469 g/mol. The molecule has 180 valence electrons. The van der Waals surface area contributed by atoms with Crippen molar-refractivity contribution >= 4 is 28.3 Å². The summed E-state index contributed by atoms with van der Waals surface area (Å²) in [6.07, 6.45) is 0. The number of hydrogen-bond acceptors (Lipinski definition) is 5. The van der Waals surface area contributed by atoms with Gasteiger partial charge in [-0.15, -0.1) is 0 Å². The van der Waals surface area contributed by atoms with E-state index in [0.29, 0.717) is 5.75 Å². The van der Waals surface area contributed by atoms with Crippen molar-refractivity contribution in [2.75, 3.05) is 43.0 Å². The Kier molecular flexibility index (Phi) is 6.68. The second kappa shape index (κ2) is 10.2. The molecule has 7 nitrogen and oxygen atoms in total. The van der Waals surface area contributed by atoms with Gasteiger partial charge in [-0.2, -0.15) is 0 Å². The average Bonchev–Trinajstić information content (AvgIpc) is 3.19. The van der Waals surface area contributed by atoms with Gasteiger partial charge in [0.2, 0.25) is 0 Å². The summed E-state index contributed by atoms with van der Waals surface area (Å²) in [5.74, 6) is 1.63. The number of para-hydroxylation sites is 2. The van der Waals surface area contributed by atoms with E-state index in [2.05, 4.69) is 57.1 Å². The third-order valence-electron chi connectivity index (χ3n) is 6.49. The molecule has 4 aromatic rings. The molecule has 0 atom stereocenters. The summed E-state index contributed by atoms with van der Waals surface area (Å²) in [5, 5.41) is 2.91. The lowest BCUT2D eigenvalue weighted by atomic mass is 10.2. The molecule has 0 saturated carbocycles. The lowest BCUT2D eigenvalue weighted by Gasteiger charge is -2.36. The van der Waals surface area contributed by atoms with Gasteiger partial charge < -0.3 is 19.5 Å². The summed E-state index contributed by atoms with van der Waals surface area (Å²) in [6, 6.07) is 24.0. The van der Waals surface area contributed by atoms with Crippen molar-refractivity contribution in [3.05, 3.63) is 84.2 Å². The zero-order chi connectivity index (χ0) is 24.2. The van der Waals surface area contributed by atoms with E-state index < -0.39 is 0 Å². The number of aryl methyl sites for hydroxylation is 2. The highest BCUT2D eigenvalue weighted by molar-refractivity contribution is 5.92. The van der Waals surface area contributed by atoms with Gasteiger partial charge in [-0.1, -0.05) is 24.3 Å². The van der Waals surface area contributed by atoms with Crippen molar-refractivity contribution in [1.29, 1.82) is 0 Å². The number of fused-ring (bicyclic) bond motifs is 1. The third kappa shape index (κ3) is 5.46. The van der Waals surface area contributed by atoms with Crippen molar-refractivity contribution < 1.29 is 9.53 Å². The summed E-state index contributed by atoms with van der Waals surface area (Å²) in [7, 11) is 2.09. The van der Waals surface area contributed by atoms with Crippen LogP contribution in [0.1, 0.15) is 11.4 Å². The minimum atomic E-state index is -0.171. The molecule has 3 aromatic carbocycles. The van der Waals surface area contributed by atoms with E-state index in [-0.39, 0.29) is 12.5 Å². The molecule has 0 bridgehead atoms. The van der Waals surface area contributed by atoms with E-state index in [1.807, 2.05) is 49.4 Å². The number of rotatable bonds is 7. The number of anilines is 2. The van der Waals surface area contributed by atoms with Gasteiger partial charge in [-0.25, -0.2) is 4.98 Å². The number of hydrogen-bond donors (Lipinski definition) is 1. The highest BCUT2D eigenvalue weighted by atomic mass is 16.5. The summed E-state index contributed by atoms with van der Waals surface area (Å²) in [6.45, 7) is 6.72. The molecule has 2 heterocycles. The van der Waals surface area contributed by atoms with Crippen molar-refractivity contribution in [2.24, 2.45) is 7.05 Å². The molecule has 1 amide bonds. The molecular weight excluding hydrogens is 438 g/mol. The van der Waals surface area contributed by atoms with Crippen LogP contribution in [0.15, 0.2) is 72.8 Å². The summed E-state index contributed by atoms with van der Waals surface area (Å²) in [5.41, 5.74) is 5.27. The van der Waals surface area contributed by atoms with Crippen LogP contribution in [0.4, 0.5) is 11.4 Å². The quantitative estimate of drug-likeness (QED) is 0.439. The number of piperazine rings is 1. The third-order valence-corrected chi connectivity index (χ3v) is 6.49. The number of nitrogens with one attached hydrogen (secondary N) is 1. The molecule has 1 aliphatic heterocycles. The predicted octanol–water partition coefficient (Wildman–Crippen LogP) is 4.22. The highest BCUT2D eigenvalue weighted by Gasteiger charge is 2.19. The maximum atomic E-state index is 12.3. The highest BCUT2D eigenvalue weighted by Crippen LogP contribution is 2.21. The number of imidazole rings is 1. The fourth-order valence-electron chi connectivity index (χ4n) is 4.51. The maximum Gasteiger partial charge on any atom is 0.262 e. The fourth-order valence-corrected chi connectivity index (χ4v) is 4.51. The molecule has 0 radical (unpaired) electrons. The predicted molar refractivity (Wildman–Crippen MR) is 140 cm³/mol. The van der Waals surface area contributed by atoms with Gasteiger partial charge in [0.15, 0.2) is 6.61 Å². The van der Waals surface area contributed by atoms with Crippen LogP contribution in [0.2, 0.25) is 0 Å². The minimum Gasteiger partial charge on any atom is -0.484 e. The Bertz CT molecular complexity index is 1310. The standard InChI is InChI=1S/C28H31N5O2/c1-21-6-5-7-24(18-21)35-20-28(34)29-22-10-12-23(13-11-22)33-16-14-32(15-17-33)19-27-30-25-8-3-4-9-26(25)31(27)2/h3-13,18H,14-17,19-20H2,1-2H3,(H,29,34). The van der Waals surface area contributed by atoms with Crippen LogP contribution in [0.25, 0.3) is 11.0 Å². The Balaban J connectivity index is 1.10. The molecule has 1 aromatic heterocycles. The zero-order valence-electron chi connectivity index (χ0n) is 20.3. The van der Waals surface area contributed by atoms with Gasteiger partial charge in [0.05, 0.1) is 17.6 Å². The van der Waals surface area contributed by atoms with E-state index in [0.717, 1.165) is 55.3 Å². The molecule has 35 heavy (non-hydrogen) atoms. The van der Waals surface area contributed by atoms with Crippen molar-refractivity contribution in [2.45, 2.75) is 13.5 Å². The molecule has 1 saturated heterocycles. The van der Waals surface area contributed by atoms with E-state index in [1.165, 1.54) is 11.2 Å². The minimum absolute atomic E-state index is 0.0152. The summed E-state index contributed by atoms with van der Waals surface area (Å²) >= 11 is 0. The van der Waals surface area contributed by atoms with Crippen LogP contribution in [0, 0.1) is 6.92 Å². The van der Waals surface area contributed by atoms with Crippen molar-refractivity contribution in [1.82, 2.24) is 14.5 Å². The number of carbonyl (C=O) groups is 1. The Labute approximate surface area is 205 Å². The molecule has 1 aliphatic rings. The average molecular weight is 470 g/mol. The molecule has 0 aliphatic carbocycles. The SMILES string of the molecule is Cc1cccc(OCC(=O)Nc2ccc(N3CCN(Cc4nc5ccccc5n4C)CC3)cc2)c1. The van der Waals surface area contributed by atoms with Crippen LogP contribution in [-0.2, 0) is 18.4 Å². The van der Waals surface area contributed by atoms with E-state index in [4.69, 9.17) is 9.72 Å². The Morgan fingerprint density at radius 2 is 1.74 bits per heavy atom. The van der Waals surface area contributed by atoms with Crippen LogP contribution >= 0.6 is 0 Å². The van der Waals surface area contributed by atoms with Gasteiger partial charge in [-0.05, 0) is 61.0 Å². The Morgan fingerprint density at radius 1 is 0.971 bits per heavy atom. The Hall–Kier alpha value is -3.84. The van der Waals surface area contributed by atoms with Gasteiger partial charge in [0.25, 0.3) is 5.91 Å². The maximum absolute atomic E-state index is 12.3. The number of aromatic nitrogens is 2. The summed E-state index contributed by atoms with van der Waals surface area (Å²) < 4.78 is 7.78. The number of amides is 1. The van der Waals surface area contributed by atoms with Gasteiger partial charge in [-0.3, -0.25) is 9.69 Å². The number of nitrogens with zero attached hydrogens (tertiary/aromatic N) is 4. The molecule has 7 heteroatoms. The fraction of sp³-hybridized carbons (Fsp3) is 0.286.